The second-order valence-electron chi connectivity index (χ2n) is 7.04. The van der Waals surface area contributed by atoms with Crippen LogP contribution in [0.3, 0.4) is 0 Å². The van der Waals surface area contributed by atoms with Gasteiger partial charge in [0.05, 0.1) is 25.9 Å². The van der Waals surface area contributed by atoms with Crippen molar-refractivity contribution in [3.8, 4) is 5.75 Å². The number of methoxy groups -OCH3 is 1. The number of carbonyl (C=O) groups excluding carboxylic acids is 2. The SMILES string of the molecule is CCOc1ccccc1NC(=O)CN1[C@@H](C(=O)OC)C[C@H]2CCCC[C@@H]21. The Morgan fingerprint density at radius 3 is 2.77 bits per heavy atom. The summed E-state index contributed by atoms with van der Waals surface area (Å²) >= 11 is 0. The molecule has 3 atom stereocenters. The predicted octanol–water partition coefficient (Wildman–Crippen LogP) is 2.83. The number of rotatable bonds is 6. The maximum absolute atomic E-state index is 12.7. The van der Waals surface area contributed by atoms with Crippen molar-refractivity contribution in [1.82, 2.24) is 4.90 Å². The van der Waals surface area contributed by atoms with Gasteiger partial charge in [-0.25, -0.2) is 0 Å². The minimum Gasteiger partial charge on any atom is -0.492 e. The number of nitrogens with zero attached hydrogens (tertiary/aromatic N) is 1. The van der Waals surface area contributed by atoms with E-state index in [1.807, 2.05) is 36.1 Å². The molecular formula is C20H28N2O4. The number of hydrogen-bond acceptors (Lipinski definition) is 5. The molecule has 6 heteroatoms. The van der Waals surface area contributed by atoms with Gasteiger partial charge in [-0.2, -0.15) is 0 Å². The summed E-state index contributed by atoms with van der Waals surface area (Å²) in [5.41, 5.74) is 0.661. The number of nitrogens with one attached hydrogen (secondary N) is 1. The maximum Gasteiger partial charge on any atom is 0.323 e. The summed E-state index contributed by atoms with van der Waals surface area (Å²) in [5, 5.41) is 2.94. The Hall–Kier alpha value is -2.08. The Kier molecular flexibility index (Phi) is 6.14. The van der Waals surface area contributed by atoms with Crippen LogP contribution in [-0.4, -0.2) is 49.1 Å². The molecule has 1 amide bonds. The van der Waals surface area contributed by atoms with Crippen molar-refractivity contribution in [3.05, 3.63) is 24.3 Å². The largest absolute Gasteiger partial charge is 0.492 e. The fourth-order valence-corrected chi connectivity index (χ4v) is 4.35. The number of ether oxygens (including phenoxy) is 2. The van der Waals surface area contributed by atoms with Crippen LogP contribution in [0.5, 0.6) is 5.75 Å². The van der Waals surface area contributed by atoms with E-state index in [0.717, 1.165) is 25.7 Å². The molecule has 1 aromatic rings. The molecule has 1 aliphatic carbocycles. The summed E-state index contributed by atoms with van der Waals surface area (Å²) in [6.45, 7) is 2.64. The molecule has 1 aromatic carbocycles. The normalized spacial score (nSPS) is 25.4. The van der Waals surface area contributed by atoms with Crippen LogP contribution in [0.4, 0.5) is 5.69 Å². The molecule has 3 rings (SSSR count). The Labute approximate surface area is 154 Å². The van der Waals surface area contributed by atoms with Gasteiger partial charge in [-0.05, 0) is 44.2 Å². The van der Waals surface area contributed by atoms with Crippen LogP contribution in [0.15, 0.2) is 24.3 Å². The maximum atomic E-state index is 12.7. The van der Waals surface area contributed by atoms with E-state index < -0.39 is 0 Å². The fraction of sp³-hybridized carbons (Fsp3) is 0.600. The first kappa shape index (κ1) is 18.7. The lowest BCUT2D eigenvalue weighted by Crippen LogP contribution is -2.46. The number of carbonyl (C=O) groups is 2. The van der Waals surface area contributed by atoms with Crippen LogP contribution in [0.2, 0.25) is 0 Å². The molecule has 0 bridgehead atoms. The molecule has 6 nitrogen and oxygen atoms in total. The van der Waals surface area contributed by atoms with E-state index in [4.69, 9.17) is 9.47 Å². The lowest BCUT2D eigenvalue weighted by atomic mass is 9.85. The lowest BCUT2D eigenvalue weighted by Gasteiger charge is -2.32. The zero-order chi connectivity index (χ0) is 18.5. The second kappa shape index (κ2) is 8.54. The molecule has 0 radical (unpaired) electrons. The molecule has 1 N–H and O–H groups in total. The van der Waals surface area contributed by atoms with Gasteiger partial charge in [0.15, 0.2) is 0 Å². The van der Waals surface area contributed by atoms with Gasteiger partial charge in [-0.1, -0.05) is 25.0 Å². The highest BCUT2D eigenvalue weighted by Crippen LogP contribution is 2.40. The van der Waals surface area contributed by atoms with Crippen molar-refractivity contribution < 1.29 is 19.1 Å². The topological polar surface area (TPSA) is 67.9 Å². The van der Waals surface area contributed by atoms with Gasteiger partial charge in [-0.15, -0.1) is 0 Å². The monoisotopic (exact) mass is 360 g/mol. The summed E-state index contributed by atoms with van der Waals surface area (Å²) in [6, 6.07) is 7.38. The number of likely N-dealkylation sites (tertiary alicyclic amines) is 1. The highest BCUT2D eigenvalue weighted by Gasteiger charge is 2.46. The summed E-state index contributed by atoms with van der Waals surface area (Å²) in [7, 11) is 1.42. The van der Waals surface area contributed by atoms with Crippen LogP contribution in [0.1, 0.15) is 39.0 Å². The predicted molar refractivity (Wildman–Crippen MR) is 99.1 cm³/mol. The first-order valence-electron chi connectivity index (χ1n) is 9.49. The van der Waals surface area contributed by atoms with Crippen molar-refractivity contribution >= 4 is 17.6 Å². The Bertz CT molecular complexity index is 648. The molecule has 0 spiro atoms. The molecule has 0 unspecified atom stereocenters. The van der Waals surface area contributed by atoms with E-state index in [-0.39, 0.29) is 24.5 Å². The van der Waals surface area contributed by atoms with Crippen molar-refractivity contribution in [2.24, 2.45) is 5.92 Å². The number of amides is 1. The van der Waals surface area contributed by atoms with Crippen LogP contribution in [0.25, 0.3) is 0 Å². The standard InChI is InChI=1S/C20H28N2O4/c1-3-26-18-11-7-5-9-15(18)21-19(23)13-22-16-10-6-4-8-14(16)12-17(22)20(24)25-2/h5,7,9,11,14,16-17H,3-4,6,8,10,12-13H2,1-2H3,(H,21,23)/t14-,16+,17-/m1/s1. The van der Waals surface area contributed by atoms with Crippen molar-refractivity contribution in [3.63, 3.8) is 0 Å². The van der Waals surface area contributed by atoms with Crippen LogP contribution in [-0.2, 0) is 14.3 Å². The van der Waals surface area contributed by atoms with Crippen molar-refractivity contribution in [2.45, 2.75) is 51.1 Å². The highest BCUT2D eigenvalue weighted by molar-refractivity contribution is 5.94. The number of para-hydroxylation sites is 2. The van der Waals surface area contributed by atoms with E-state index in [1.165, 1.54) is 13.5 Å². The minimum absolute atomic E-state index is 0.128. The van der Waals surface area contributed by atoms with Gasteiger partial charge in [0, 0.05) is 6.04 Å². The molecule has 2 fully saturated rings. The minimum atomic E-state index is -0.319. The molecular weight excluding hydrogens is 332 g/mol. The number of esters is 1. The average Bonchev–Trinajstić information content (AvgIpc) is 3.01. The summed E-state index contributed by atoms with van der Waals surface area (Å²) in [5.74, 6) is 0.778. The van der Waals surface area contributed by atoms with E-state index in [1.54, 1.807) is 0 Å². The van der Waals surface area contributed by atoms with E-state index in [9.17, 15) is 9.59 Å². The quantitative estimate of drug-likeness (QED) is 0.790. The zero-order valence-electron chi connectivity index (χ0n) is 15.6. The third-order valence-corrected chi connectivity index (χ3v) is 5.48. The van der Waals surface area contributed by atoms with Gasteiger partial charge in [0.1, 0.15) is 11.8 Å². The zero-order valence-corrected chi connectivity index (χ0v) is 15.6. The summed E-state index contributed by atoms with van der Waals surface area (Å²) < 4.78 is 10.6. The molecule has 1 saturated heterocycles. The third-order valence-electron chi connectivity index (χ3n) is 5.48. The van der Waals surface area contributed by atoms with Crippen molar-refractivity contribution in [1.29, 1.82) is 0 Å². The van der Waals surface area contributed by atoms with E-state index >= 15 is 0 Å². The highest BCUT2D eigenvalue weighted by atomic mass is 16.5. The van der Waals surface area contributed by atoms with E-state index in [0.29, 0.717) is 30.0 Å². The first-order chi connectivity index (χ1) is 12.6. The Balaban J connectivity index is 1.71. The van der Waals surface area contributed by atoms with Gasteiger partial charge in [0.2, 0.25) is 5.91 Å². The fourth-order valence-electron chi connectivity index (χ4n) is 4.35. The molecule has 1 saturated carbocycles. The number of anilines is 1. The third kappa shape index (κ3) is 4.01. The molecule has 1 heterocycles. The van der Waals surface area contributed by atoms with Gasteiger partial charge in [0.25, 0.3) is 0 Å². The smallest absolute Gasteiger partial charge is 0.323 e. The van der Waals surface area contributed by atoms with Crippen LogP contribution in [0, 0.1) is 5.92 Å². The molecule has 26 heavy (non-hydrogen) atoms. The first-order valence-corrected chi connectivity index (χ1v) is 9.49. The van der Waals surface area contributed by atoms with Crippen LogP contribution >= 0.6 is 0 Å². The molecule has 0 aromatic heterocycles. The number of hydrogen-bond donors (Lipinski definition) is 1. The van der Waals surface area contributed by atoms with Gasteiger partial charge < -0.3 is 14.8 Å². The number of fused-ring (bicyclic) bond motifs is 1. The van der Waals surface area contributed by atoms with Crippen LogP contribution < -0.4 is 10.1 Å². The summed E-state index contributed by atoms with van der Waals surface area (Å²) in [4.78, 5) is 27.0. The van der Waals surface area contributed by atoms with Crippen molar-refractivity contribution in [2.75, 3.05) is 25.6 Å². The number of benzene rings is 1. The van der Waals surface area contributed by atoms with Gasteiger partial charge in [-0.3, -0.25) is 14.5 Å². The molecule has 2 aliphatic rings. The molecule has 1 aliphatic heterocycles. The average molecular weight is 360 g/mol. The molecule has 142 valence electrons. The lowest BCUT2D eigenvalue weighted by molar-refractivity contribution is -0.146. The van der Waals surface area contributed by atoms with E-state index in [2.05, 4.69) is 5.32 Å². The second-order valence-corrected chi connectivity index (χ2v) is 7.04. The Morgan fingerprint density at radius 2 is 2.00 bits per heavy atom. The Morgan fingerprint density at radius 1 is 1.23 bits per heavy atom. The van der Waals surface area contributed by atoms with Gasteiger partial charge >= 0.3 is 5.97 Å². The summed E-state index contributed by atoms with van der Waals surface area (Å²) in [6.07, 6.45) is 5.32.